The molecule has 0 amide bonds. The van der Waals surface area contributed by atoms with Gasteiger partial charge in [-0.1, -0.05) is 22.2 Å². The van der Waals surface area contributed by atoms with Gasteiger partial charge in [0.15, 0.2) is 0 Å². The molecule has 0 aliphatic heterocycles. The van der Waals surface area contributed by atoms with Crippen LogP contribution in [-0.2, 0) is 6.54 Å². The molecule has 0 aliphatic rings. The van der Waals surface area contributed by atoms with Crippen molar-refractivity contribution in [3.63, 3.8) is 0 Å². The minimum absolute atomic E-state index is 0.582. The summed E-state index contributed by atoms with van der Waals surface area (Å²) in [5.74, 6) is 0. The molecule has 8 heteroatoms. The molecule has 0 aliphatic carbocycles. The van der Waals surface area contributed by atoms with Crippen molar-refractivity contribution in [2.24, 2.45) is 0 Å². The third-order valence-corrected chi connectivity index (χ3v) is 3.36. The fourth-order valence-electron chi connectivity index (χ4n) is 1.66. The number of hydrogen-bond acceptors (Lipinski definition) is 6. The van der Waals surface area contributed by atoms with Gasteiger partial charge in [0.1, 0.15) is 18.3 Å². The summed E-state index contributed by atoms with van der Waals surface area (Å²) in [7, 11) is 0. The first-order valence-electron chi connectivity index (χ1n) is 5.48. The van der Waals surface area contributed by atoms with Crippen molar-refractivity contribution in [3.05, 3.63) is 47.0 Å². The molecule has 0 saturated carbocycles. The second-order valence-electron chi connectivity index (χ2n) is 3.73. The van der Waals surface area contributed by atoms with E-state index < -0.39 is 0 Å². The van der Waals surface area contributed by atoms with Gasteiger partial charge in [-0.25, -0.2) is 9.67 Å². The number of nitrogens with one attached hydrogen (secondary N) is 1. The Bertz CT molecular complexity index is 652. The van der Waals surface area contributed by atoms with Crippen LogP contribution in [0.15, 0.2) is 36.2 Å². The van der Waals surface area contributed by atoms with E-state index in [0.29, 0.717) is 11.6 Å². The van der Waals surface area contributed by atoms with Crippen molar-refractivity contribution < 1.29 is 0 Å². The SMILES string of the molecule is Clc1cccc(NCc2csnn2)c1-n1cncn1. The molecule has 3 aromatic rings. The van der Waals surface area contributed by atoms with Crippen LogP contribution in [0.3, 0.4) is 0 Å². The summed E-state index contributed by atoms with van der Waals surface area (Å²) < 4.78 is 5.45. The van der Waals surface area contributed by atoms with Crippen molar-refractivity contribution in [1.29, 1.82) is 0 Å². The maximum Gasteiger partial charge on any atom is 0.138 e. The minimum Gasteiger partial charge on any atom is -0.377 e. The Morgan fingerprint density at radius 2 is 2.32 bits per heavy atom. The number of halogens is 1. The van der Waals surface area contributed by atoms with E-state index in [4.69, 9.17) is 11.6 Å². The molecular weight excluding hydrogens is 284 g/mol. The Morgan fingerprint density at radius 3 is 3.05 bits per heavy atom. The van der Waals surface area contributed by atoms with Crippen LogP contribution in [0.5, 0.6) is 0 Å². The van der Waals surface area contributed by atoms with Crippen LogP contribution in [0.25, 0.3) is 5.69 Å². The number of hydrogen-bond donors (Lipinski definition) is 1. The molecular formula is C11H9ClN6S. The van der Waals surface area contributed by atoms with Crippen molar-refractivity contribution in [3.8, 4) is 5.69 Å². The molecule has 6 nitrogen and oxygen atoms in total. The van der Waals surface area contributed by atoms with Crippen LogP contribution in [-0.4, -0.2) is 24.4 Å². The summed E-state index contributed by atoms with van der Waals surface area (Å²) in [6.07, 6.45) is 3.08. The predicted molar refractivity (Wildman–Crippen MR) is 73.6 cm³/mol. The molecule has 2 aromatic heterocycles. The highest BCUT2D eigenvalue weighted by Crippen LogP contribution is 2.27. The Balaban J connectivity index is 1.91. The third kappa shape index (κ3) is 2.56. The highest BCUT2D eigenvalue weighted by Gasteiger charge is 2.10. The van der Waals surface area contributed by atoms with Crippen LogP contribution >= 0.6 is 23.1 Å². The van der Waals surface area contributed by atoms with Gasteiger partial charge < -0.3 is 5.32 Å². The van der Waals surface area contributed by atoms with Crippen molar-refractivity contribution in [2.75, 3.05) is 5.32 Å². The van der Waals surface area contributed by atoms with Gasteiger partial charge in [0.05, 0.1) is 22.9 Å². The maximum absolute atomic E-state index is 6.23. The van der Waals surface area contributed by atoms with E-state index in [-0.39, 0.29) is 0 Å². The first-order valence-corrected chi connectivity index (χ1v) is 6.69. The van der Waals surface area contributed by atoms with Crippen LogP contribution < -0.4 is 5.32 Å². The Kier molecular flexibility index (Phi) is 3.39. The van der Waals surface area contributed by atoms with Crippen molar-refractivity contribution in [2.45, 2.75) is 6.54 Å². The van der Waals surface area contributed by atoms with Gasteiger partial charge in [-0.05, 0) is 23.7 Å². The standard InChI is InChI=1S/C11H9ClN6S/c12-9-2-1-3-10(11(9)18-7-13-6-15-18)14-4-8-5-19-17-16-8/h1-3,5-7,14H,4H2. The van der Waals surface area contributed by atoms with Crippen molar-refractivity contribution >= 4 is 28.8 Å². The maximum atomic E-state index is 6.23. The predicted octanol–water partition coefficient (Wildman–Crippen LogP) is 2.38. The molecule has 1 aromatic carbocycles. The third-order valence-electron chi connectivity index (χ3n) is 2.50. The van der Waals surface area contributed by atoms with Gasteiger partial charge in [0.25, 0.3) is 0 Å². The summed E-state index contributed by atoms with van der Waals surface area (Å²) >= 11 is 7.55. The first-order chi connectivity index (χ1) is 9.34. The number of nitrogens with zero attached hydrogens (tertiary/aromatic N) is 5. The first kappa shape index (κ1) is 12.1. The van der Waals surface area contributed by atoms with Gasteiger partial charge in [-0.2, -0.15) is 5.10 Å². The molecule has 0 fully saturated rings. The smallest absolute Gasteiger partial charge is 0.138 e. The summed E-state index contributed by atoms with van der Waals surface area (Å²) in [6.45, 7) is 0.582. The molecule has 96 valence electrons. The zero-order valence-electron chi connectivity index (χ0n) is 9.69. The highest BCUT2D eigenvalue weighted by atomic mass is 35.5. The lowest BCUT2D eigenvalue weighted by molar-refractivity contribution is 0.876. The molecule has 19 heavy (non-hydrogen) atoms. The number of benzene rings is 1. The molecule has 1 N–H and O–H groups in total. The second-order valence-corrected chi connectivity index (χ2v) is 4.74. The van der Waals surface area contributed by atoms with E-state index in [9.17, 15) is 0 Å². The Hall–Kier alpha value is -1.99. The molecule has 0 spiro atoms. The van der Waals surface area contributed by atoms with Crippen LogP contribution in [0.4, 0.5) is 5.69 Å². The molecule has 0 atom stereocenters. The lowest BCUT2D eigenvalue weighted by atomic mass is 10.2. The molecule has 0 unspecified atom stereocenters. The largest absolute Gasteiger partial charge is 0.377 e. The van der Waals surface area contributed by atoms with Crippen LogP contribution in [0, 0.1) is 0 Å². The zero-order chi connectivity index (χ0) is 13.1. The molecule has 2 heterocycles. The molecule has 0 bridgehead atoms. The summed E-state index contributed by atoms with van der Waals surface area (Å²) in [5.41, 5.74) is 2.52. The normalized spacial score (nSPS) is 10.6. The topological polar surface area (TPSA) is 68.5 Å². The number of para-hydroxylation sites is 1. The molecule has 3 rings (SSSR count). The summed E-state index contributed by atoms with van der Waals surface area (Å²) in [6, 6.07) is 5.63. The highest BCUT2D eigenvalue weighted by molar-refractivity contribution is 7.03. The van der Waals surface area contributed by atoms with Crippen molar-refractivity contribution in [1.82, 2.24) is 24.4 Å². The average molecular weight is 293 g/mol. The molecule has 0 radical (unpaired) electrons. The van der Waals surface area contributed by atoms with E-state index >= 15 is 0 Å². The van der Waals surface area contributed by atoms with Crippen LogP contribution in [0.2, 0.25) is 5.02 Å². The van der Waals surface area contributed by atoms with E-state index in [0.717, 1.165) is 17.1 Å². The van der Waals surface area contributed by atoms with Gasteiger partial charge in [-0.3, -0.25) is 0 Å². The minimum atomic E-state index is 0.582. The van der Waals surface area contributed by atoms with Gasteiger partial charge in [-0.15, -0.1) is 5.10 Å². The summed E-state index contributed by atoms with van der Waals surface area (Å²) in [4.78, 5) is 3.94. The average Bonchev–Trinajstić information content (AvgIpc) is 3.09. The fraction of sp³-hybridized carbons (Fsp3) is 0.0909. The van der Waals surface area contributed by atoms with E-state index in [1.165, 1.54) is 17.9 Å². The van der Waals surface area contributed by atoms with Gasteiger partial charge >= 0.3 is 0 Å². The quantitative estimate of drug-likeness (QED) is 0.799. The van der Waals surface area contributed by atoms with Crippen LogP contribution in [0.1, 0.15) is 5.69 Å². The van der Waals surface area contributed by atoms with Gasteiger partial charge in [0, 0.05) is 5.38 Å². The number of anilines is 1. The Morgan fingerprint density at radius 1 is 1.37 bits per heavy atom. The van der Waals surface area contributed by atoms with E-state index in [1.54, 1.807) is 11.0 Å². The monoisotopic (exact) mass is 292 g/mol. The number of rotatable bonds is 4. The molecule has 0 saturated heterocycles. The fourth-order valence-corrected chi connectivity index (χ4v) is 2.37. The van der Waals surface area contributed by atoms with E-state index in [1.807, 2.05) is 23.6 Å². The lowest BCUT2D eigenvalue weighted by Crippen LogP contribution is -2.05. The second kappa shape index (κ2) is 5.33. The van der Waals surface area contributed by atoms with Gasteiger partial charge in [0.2, 0.25) is 0 Å². The summed E-state index contributed by atoms with van der Waals surface area (Å²) in [5, 5.41) is 13.9. The number of aromatic nitrogens is 5. The zero-order valence-corrected chi connectivity index (χ0v) is 11.3. The lowest BCUT2D eigenvalue weighted by Gasteiger charge is -2.12. The van der Waals surface area contributed by atoms with E-state index in [2.05, 4.69) is 25.0 Å². The Labute approximate surface area is 118 Å².